The largest absolute Gasteiger partial charge is 0.288 e. The third-order valence-electron chi connectivity index (χ3n) is 2.77. The first-order chi connectivity index (χ1) is 9.54. The number of anilines is 1. The Morgan fingerprint density at radius 1 is 1.30 bits per heavy atom. The standard InChI is InChI=1S/C14H17N5O/c1-10(2)12-7-4-11(5-8-12)6-9-13(20)15-14-16-18-19(3)17-14/h4-10H,1-3H3,(H,15,17,20). The van der Waals surface area contributed by atoms with Crippen molar-refractivity contribution in [3.05, 3.63) is 41.5 Å². The Labute approximate surface area is 117 Å². The van der Waals surface area contributed by atoms with Crippen LogP contribution in [0.5, 0.6) is 0 Å². The summed E-state index contributed by atoms with van der Waals surface area (Å²) in [7, 11) is 1.63. The van der Waals surface area contributed by atoms with E-state index in [-0.39, 0.29) is 11.9 Å². The van der Waals surface area contributed by atoms with E-state index in [1.54, 1.807) is 13.1 Å². The summed E-state index contributed by atoms with van der Waals surface area (Å²) in [6, 6.07) is 8.10. The molecule has 0 unspecified atom stereocenters. The summed E-state index contributed by atoms with van der Waals surface area (Å²) < 4.78 is 0. The van der Waals surface area contributed by atoms with Crippen LogP contribution in [-0.4, -0.2) is 26.1 Å². The van der Waals surface area contributed by atoms with Gasteiger partial charge in [0.2, 0.25) is 0 Å². The quantitative estimate of drug-likeness (QED) is 0.863. The van der Waals surface area contributed by atoms with Crippen molar-refractivity contribution in [2.24, 2.45) is 7.05 Å². The molecule has 0 fully saturated rings. The van der Waals surface area contributed by atoms with E-state index in [1.807, 2.05) is 12.1 Å². The lowest BCUT2D eigenvalue weighted by atomic mass is 10.0. The summed E-state index contributed by atoms with van der Waals surface area (Å²) in [5.74, 6) is 0.405. The van der Waals surface area contributed by atoms with Gasteiger partial charge in [0.05, 0.1) is 7.05 Å². The molecule has 1 aromatic carbocycles. The molecule has 0 bridgehead atoms. The zero-order valence-corrected chi connectivity index (χ0v) is 11.7. The number of carbonyl (C=O) groups is 1. The highest BCUT2D eigenvalue weighted by molar-refractivity contribution is 6.00. The Balaban J connectivity index is 1.96. The van der Waals surface area contributed by atoms with E-state index < -0.39 is 0 Å². The second-order valence-electron chi connectivity index (χ2n) is 4.75. The number of nitrogens with zero attached hydrogens (tertiary/aromatic N) is 4. The Morgan fingerprint density at radius 3 is 2.55 bits per heavy atom. The molecule has 6 heteroatoms. The molecule has 0 saturated heterocycles. The average Bonchev–Trinajstić information content (AvgIpc) is 2.82. The zero-order chi connectivity index (χ0) is 14.5. The number of hydrogen-bond donors (Lipinski definition) is 1. The van der Waals surface area contributed by atoms with E-state index >= 15 is 0 Å². The molecule has 0 radical (unpaired) electrons. The molecule has 1 amide bonds. The number of aryl methyl sites for hydroxylation is 1. The first-order valence-corrected chi connectivity index (χ1v) is 6.37. The van der Waals surface area contributed by atoms with Gasteiger partial charge in [-0.3, -0.25) is 10.1 Å². The normalized spacial score (nSPS) is 11.2. The zero-order valence-electron chi connectivity index (χ0n) is 11.7. The first kappa shape index (κ1) is 13.9. The van der Waals surface area contributed by atoms with Crippen LogP contribution in [0.1, 0.15) is 30.9 Å². The molecule has 2 aromatic rings. The Kier molecular flexibility index (Phi) is 4.24. The van der Waals surface area contributed by atoms with Gasteiger partial charge in [-0.25, -0.2) is 0 Å². The van der Waals surface area contributed by atoms with Crippen LogP contribution in [0.15, 0.2) is 30.3 Å². The van der Waals surface area contributed by atoms with Crippen molar-refractivity contribution in [3.63, 3.8) is 0 Å². The lowest BCUT2D eigenvalue weighted by Gasteiger charge is -2.04. The Bertz CT molecular complexity index is 613. The number of benzene rings is 1. The minimum atomic E-state index is -0.286. The molecule has 6 nitrogen and oxygen atoms in total. The van der Waals surface area contributed by atoms with Gasteiger partial charge >= 0.3 is 0 Å². The number of carbonyl (C=O) groups excluding carboxylic acids is 1. The maximum atomic E-state index is 11.7. The van der Waals surface area contributed by atoms with Crippen molar-refractivity contribution in [1.82, 2.24) is 20.2 Å². The molecule has 104 valence electrons. The number of tetrazole rings is 1. The van der Waals surface area contributed by atoms with Crippen molar-refractivity contribution in [2.75, 3.05) is 5.32 Å². The number of amides is 1. The first-order valence-electron chi connectivity index (χ1n) is 6.37. The molecule has 0 atom stereocenters. The predicted molar refractivity (Wildman–Crippen MR) is 77.0 cm³/mol. The molecule has 20 heavy (non-hydrogen) atoms. The molecule has 0 aliphatic rings. The molecular weight excluding hydrogens is 254 g/mol. The van der Waals surface area contributed by atoms with Crippen LogP contribution >= 0.6 is 0 Å². The van der Waals surface area contributed by atoms with Crippen LogP contribution < -0.4 is 5.32 Å². The van der Waals surface area contributed by atoms with E-state index in [4.69, 9.17) is 0 Å². The molecular formula is C14H17N5O. The number of nitrogens with one attached hydrogen (secondary N) is 1. The monoisotopic (exact) mass is 271 g/mol. The fourth-order valence-electron chi connectivity index (χ4n) is 1.65. The van der Waals surface area contributed by atoms with Crippen LogP contribution in [0.3, 0.4) is 0 Å². The third-order valence-corrected chi connectivity index (χ3v) is 2.77. The minimum absolute atomic E-state index is 0.192. The molecule has 0 saturated carbocycles. The maximum Gasteiger partial charge on any atom is 0.270 e. The van der Waals surface area contributed by atoms with E-state index in [0.29, 0.717) is 5.92 Å². The highest BCUT2D eigenvalue weighted by Crippen LogP contribution is 2.15. The van der Waals surface area contributed by atoms with Gasteiger partial charge in [0.25, 0.3) is 11.9 Å². The summed E-state index contributed by atoms with van der Waals surface area (Å²) >= 11 is 0. The average molecular weight is 271 g/mol. The summed E-state index contributed by atoms with van der Waals surface area (Å²) in [6.07, 6.45) is 3.19. The van der Waals surface area contributed by atoms with Gasteiger partial charge in [-0.05, 0) is 28.3 Å². The second-order valence-corrected chi connectivity index (χ2v) is 4.75. The van der Waals surface area contributed by atoms with E-state index in [0.717, 1.165) is 5.56 Å². The van der Waals surface area contributed by atoms with Crippen LogP contribution in [0.4, 0.5) is 5.95 Å². The van der Waals surface area contributed by atoms with Gasteiger partial charge in [-0.1, -0.05) is 43.2 Å². The second kappa shape index (κ2) is 6.10. The highest BCUT2D eigenvalue weighted by atomic mass is 16.1. The van der Waals surface area contributed by atoms with Gasteiger partial charge < -0.3 is 0 Å². The molecule has 0 aliphatic carbocycles. The number of rotatable bonds is 4. The van der Waals surface area contributed by atoms with Gasteiger partial charge in [-0.15, -0.1) is 5.10 Å². The van der Waals surface area contributed by atoms with E-state index in [1.165, 1.54) is 16.4 Å². The lowest BCUT2D eigenvalue weighted by molar-refractivity contribution is -0.111. The molecule has 1 N–H and O–H groups in total. The lowest BCUT2D eigenvalue weighted by Crippen LogP contribution is -2.09. The highest BCUT2D eigenvalue weighted by Gasteiger charge is 2.03. The van der Waals surface area contributed by atoms with Crippen molar-refractivity contribution < 1.29 is 4.79 Å². The van der Waals surface area contributed by atoms with Crippen molar-refractivity contribution in [3.8, 4) is 0 Å². The summed E-state index contributed by atoms with van der Waals surface area (Å²) in [5.41, 5.74) is 2.24. The molecule has 0 aliphatic heterocycles. The molecule has 0 spiro atoms. The van der Waals surface area contributed by atoms with Crippen LogP contribution in [0.25, 0.3) is 6.08 Å². The number of hydrogen-bond acceptors (Lipinski definition) is 4. The van der Waals surface area contributed by atoms with Crippen molar-refractivity contribution in [2.45, 2.75) is 19.8 Å². The van der Waals surface area contributed by atoms with Crippen LogP contribution in [0.2, 0.25) is 0 Å². The summed E-state index contributed by atoms with van der Waals surface area (Å²) in [4.78, 5) is 12.9. The van der Waals surface area contributed by atoms with Gasteiger partial charge in [0.15, 0.2) is 0 Å². The van der Waals surface area contributed by atoms with E-state index in [9.17, 15) is 4.79 Å². The molecule has 2 rings (SSSR count). The number of aromatic nitrogens is 4. The summed E-state index contributed by atoms with van der Waals surface area (Å²) in [6.45, 7) is 4.29. The van der Waals surface area contributed by atoms with Crippen molar-refractivity contribution in [1.29, 1.82) is 0 Å². The fraction of sp³-hybridized carbons (Fsp3) is 0.286. The fourth-order valence-corrected chi connectivity index (χ4v) is 1.65. The SMILES string of the molecule is CC(C)c1ccc(C=CC(=O)Nc2nnn(C)n2)cc1. The Morgan fingerprint density at radius 2 is 2.00 bits per heavy atom. The Hall–Kier alpha value is -2.50. The molecule has 1 aromatic heterocycles. The van der Waals surface area contributed by atoms with Crippen LogP contribution in [0, 0.1) is 0 Å². The van der Waals surface area contributed by atoms with E-state index in [2.05, 4.69) is 46.7 Å². The van der Waals surface area contributed by atoms with Crippen LogP contribution in [-0.2, 0) is 11.8 Å². The minimum Gasteiger partial charge on any atom is -0.288 e. The van der Waals surface area contributed by atoms with Crippen molar-refractivity contribution >= 4 is 17.9 Å². The smallest absolute Gasteiger partial charge is 0.270 e. The maximum absolute atomic E-state index is 11.7. The van der Waals surface area contributed by atoms with Gasteiger partial charge in [-0.2, -0.15) is 4.80 Å². The van der Waals surface area contributed by atoms with Gasteiger partial charge in [0.1, 0.15) is 0 Å². The predicted octanol–water partition coefficient (Wildman–Crippen LogP) is 1.99. The summed E-state index contributed by atoms with van der Waals surface area (Å²) in [5, 5.41) is 13.7. The molecule has 1 heterocycles. The van der Waals surface area contributed by atoms with Gasteiger partial charge in [0, 0.05) is 6.08 Å². The topological polar surface area (TPSA) is 72.7 Å². The third kappa shape index (κ3) is 3.74.